The van der Waals surface area contributed by atoms with Gasteiger partial charge in [0, 0.05) is 58.7 Å². The van der Waals surface area contributed by atoms with Crippen LogP contribution >= 0.6 is 11.3 Å². The summed E-state index contributed by atoms with van der Waals surface area (Å²) in [5.74, 6) is 1.76. The molecule has 7 nitrogen and oxygen atoms in total. The van der Waals surface area contributed by atoms with Crippen LogP contribution in [0.1, 0.15) is 0 Å². The van der Waals surface area contributed by atoms with Gasteiger partial charge in [-0.15, -0.1) is 11.3 Å². The summed E-state index contributed by atoms with van der Waals surface area (Å²) in [5.41, 5.74) is 5.15. The monoisotopic (exact) mass is 801 g/mol. The van der Waals surface area contributed by atoms with E-state index in [1.807, 2.05) is 140 Å². The van der Waals surface area contributed by atoms with Gasteiger partial charge in [0.05, 0.1) is 22.1 Å². The summed E-state index contributed by atoms with van der Waals surface area (Å²) in [6.45, 7) is 0. The highest BCUT2D eigenvalue weighted by Gasteiger charge is 2.22. The molecule has 0 unspecified atom stereocenters. The Morgan fingerprint density at radius 1 is 0.344 bits per heavy atom. The Morgan fingerprint density at radius 3 is 1.57 bits per heavy atom. The molecule has 12 aromatic rings. The number of para-hydroxylation sites is 2. The van der Waals surface area contributed by atoms with Gasteiger partial charge in [0.15, 0.2) is 17.5 Å². The first-order valence-electron chi connectivity index (χ1n) is 20.0. The van der Waals surface area contributed by atoms with Crippen molar-refractivity contribution < 1.29 is 0 Å². The third-order valence-electron chi connectivity index (χ3n) is 11.6. The molecule has 0 spiro atoms. The zero-order valence-corrected chi connectivity index (χ0v) is 33.2. The van der Waals surface area contributed by atoms with Gasteiger partial charge in [0.2, 0.25) is 0 Å². The maximum Gasteiger partial charge on any atom is 0.266 e. The molecule has 0 aliphatic carbocycles. The summed E-state index contributed by atoms with van der Waals surface area (Å²) < 4.78 is 5.75. The zero-order valence-electron chi connectivity index (χ0n) is 32.4. The molecule has 0 saturated heterocycles. The lowest BCUT2D eigenvalue weighted by Crippen LogP contribution is -2.28. The molecule has 4 aromatic heterocycles. The SMILES string of the molecule is O=c1c2cc3c(cc2c2ccc4c(c5ccccc5n4-c4ccc(-c5nc(-c6ccccc6)nc(-c6ccccc6)n5)cc4)c2c(=O)n1-c1ccccc1)sc1ccccc13. The fraction of sp³-hybridized carbons (Fsp3) is 0. The second kappa shape index (κ2) is 13.8. The van der Waals surface area contributed by atoms with Crippen LogP contribution in [0.2, 0.25) is 0 Å². The number of thiophene rings is 1. The molecule has 0 amide bonds. The van der Waals surface area contributed by atoms with Crippen LogP contribution in [0.4, 0.5) is 0 Å². The highest BCUT2D eigenvalue weighted by Crippen LogP contribution is 2.40. The van der Waals surface area contributed by atoms with E-state index in [0.717, 1.165) is 75.1 Å². The minimum Gasteiger partial charge on any atom is -0.309 e. The Kier molecular flexibility index (Phi) is 7.88. The van der Waals surface area contributed by atoms with Crippen LogP contribution in [0.15, 0.2) is 198 Å². The second-order valence-corrected chi connectivity index (χ2v) is 16.2. The lowest BCUT2D eigenvalue weighted by molar-refractivity contribution is 0.977. The van der Waals surface area contributed by atoms with Crippen molar-refractivity contribution in [1.29, 1.82) is 0 Å². The van der Waals surface area contributed by atoms with Gasteiger partial charge in [-0.05, 0) is 77.5 Å². The summed E-state index contributed by atoms with van der Waals surface area (Å²) in [4.78, 5) is 44.9. The average molecular weight is 802 g/mol. The summed E-state index contributed by atoms with van der Waals surface area (Å²) >= 11 is 1.69. The topological polar surface area (TPSA) is 82.7 Å². The Bertz CT molecular complexity index is 3790. The minimum atomic E-state index is -0.363. The molecule has 0 N–H and O–H groups in total. The summed E-state index contributed by atoms with van der Waals surface area (Å²) in [6, 6.07) is 61.9. The minimum absolute atomic E-state index is 0.351. The zero-order chi connectivity index (χ0) is 40.6. The fourth-order valence-corrected chi connectivity index (χ4v) is 9.92. The highest BCUT2D eigenvalue weighted by molar-refractivity contribution is 7.25. The standard InChI is InChI=1S/C53H31N5O2S/c59-52-42-30-41-37-20-11-13-23-45(37)61-46(41)31-40(42)38-28-29-44-47(48(38)53(60)58(52)35-18-8-3-9-19-35)39-21-10-12-22-43(39)57(44)36-26-24-34(25-27-36)51-55-49(32-14-4-1-5-15-32)54-50(56-51)33-16-6-2-7-17-33/h1-31H. The Balaban J connectivity index is 1.11. The molecule has 0 aliphatic rings. The molecule has 0 fully saturated rings. The van der Waals surface area contributed by atoms with Gasteiger partial charge < -0.3 is 4.57 Å². The van der Waals surface area contributed by atoms with Crippen LogP contribution in [-0.2, 0) is 0 Å². The van der Waals surface area contributed by atoms with E-state index in [-0.39, 0.29) is 11.1 Å². The van der Waals surface area contributed by atoms with Crippen molar-refractivity contribution in [1.82, 2.24) is 24.1 Å². The Labute approximate surface area is 351 Å². The summed E-state index contributed by atoms with van der Waals surface area (Å²) in [6.07, 6.45) is 0. The third kappa shape index (κ3) is 5.54. The van der Waals surface area contributed by atoms with Gasteiger partial charge in [-0.1, -0.05) is 121 Å². The van der Waals surface area contributed by atoms with Gasteiger partial charge in [0.1, 0.15) is 0 Å². The van der Waals surface area contributed by atoms with Crippen molar-refractivity contribution >= 4 is 74.9 Å². The van der Waals surface area contributed by atoms with Crippen molar-refractivity contribution in [3.05, 3.63) is 209 Å². The van der Waals surface area contributed by atoms with Gasteiger partial charge >= 0.3 is 0 Å². The quantitative estimate of drug-likeness (QED) is 0.173. The van der Waals surface area contributed by atoms with E-state index < -0.39 is 0 Å². The van der Waals surface area contributed by atoms with Crippen molar-refractivity contribution in [2.75, 3.05) is 0 Å². The van der Waals surface area contributed by atoms with Gasteiger partial charge in [0.25, 0.3) is 11.1 Å². The molecule has 0 aliphatic heterocycles. The summed E-state index contributed by atoms with van der Waals surface area (Å²) in [7, 11) is 0. The molecular formula is C53H31N5O2S. The molecule has 286 valence electrons. The van der Waals surface area contributed by atoms with E-state index >= 15 is 4.79 Å². The molecule has 12 rings (SSSR count). The number of benzene rings is 8. The first kappa shape index (κ1) is 34.9. The van der Waals surface area contributed by atoms with Crippen molar-refractivity contribution in [3.63, 3.8) is 0 Å². The number of rotatable bonds is 5. The van der Waals surface area contributed by atoms with Crippen molar-refractivity contribution in [2.45, 2.75) is 0 Å². The lowest BCUT2D eigenvalue weighted by Gasteiger charge is -2.11. The molecule has 61 heavy (non-hydrogen) atoms. The molecule has 0 atom stereocenters. The highest BCUT2D eigenvalue weighted by atomic mass is 32.1. The Morgan fingerprint density at radius 2 is 0.902 bits per heavy atom. The predicted octanol–water partition coefficient (Wildman–Crippen LogP) is 12.2. The summed E-state index contributed by atoms with van der Waals surface area (Å²) in [5, 5.41) is 6.26. The predicted molar refractivity (Wildman–Crippen MR) is 250 cm³/mol. The van der Waals surface area contributed by atoms with Crippen LogP contribution in [-0.4, -0.2) is 24.1 Å². The fourth-order valence-electron chi connectivity index (χ4n) is 8.79. The van der Waals surface area contributed by atoms with Crippen LogP contribution in [0.3, 0.4) is 0 Å². The van der Waals surface area contributed by atoms with Crippen molar-refractivity contribution in [3.8, 4) is 45.5 Å². The maximum atomic E-state index is 15.3. The van der Waals surface area contributed by atoms with Gasteiger partial charge in [-0.3, -0.25) is 9.59 Å². The average Bonchev–Trinajstić information content (AvgIpc) is 3.84. The van der Waals surface area contributed by atoms with Gasteiger partial charge in [-0.25, -0.2) is 19.5 Å². The Hall–Kier alpha value is -8.07. The molecule has 0 bridgehead atoms. The normalized spacial score (nSPS) is 11.7. The molecule has 8 heteroatoms. The van der Waals surface area contributed by atoms with Crippen LogP contribution in [0.5, 0.6) is 0 Å². The number of hydrogen-bond donors (Lipinski definition) is 0. The number of fused-ring (bicyclic) bond motifs is 10. The first-order chi connectivity index (χ1) is 30.1. The van der Waals surface area contributed by atoms with E-state index in [1.54, 1.807) is 11.3 Å². The van der Waals surface area contributed by atoms with Crippen molar-refractivity contribution in [2.24, 2.45) is 0 Å². The number of aromatic nitrogens is 5. The molecule has 8 aromatic carbocycles. The third-order valence-corrected chi connectivity index (χ3v) is 12.7. The second-order valence-electron chi connectivity index (χ2n) is 15.1. The lowest BCUT2D eigenvalue weighted by atomic mass is 10.0. The van der Waals surface area contributed by atoms with Crippen LogP contribution in [0.25, 0.3) is 109 Å². The molecule has 0 saturated carbocycles. The van der Waals surface area contributed by atoms with E-state index in [0.29, 0.717) is 33.9 Å². The number of hydrogen-bond acceptors (Lipinski definition) is 6. The molecular weight excluding hydrogens is 771 g/mol. The number of nitrogens with zero attached hydrogens (tertiary/aromatic N) is 5. The molecule has 4 heterocycles. The van der Waals surface area contributed by atoms with E-state index in [2.05, 4.69) is 53.1 Å². The molecule has 0 radical (unpaired) electrons. The van der Waals surface area contributed by atoms with E-state index in [4.69, 9.17) is 15.0 Å². The van der Waals surface area contributed by atoms with Crippen LogP contribution in [0, 0.1) is 0 Å². The maximum absolute atomic E-state index is 15.3. The van der Waals surface area contributed by atoms with E-state index in [9.17, 15) is 4.79 Å². The smallest absolute Gasteiger partial charge is 0.266 e. The first-order valence-corrected chi connectivity index (χ1v) is 20.8. The van der Waals surface area contributed by atoms with E-state index in [1.165, 1.54) is 4.57 Å². The largest absolute Gasteiger partial charge is 0.309 e. The van der Waals surface area contributed by atoms with Gasteiger partial charge in [-0.2, -0.15) is 0 Å². The van der Waals surface area contributed by atoms with Crippen LogP contribution < -0.4 is 11.1 Å².